The van der Waals surface area contributed by atoms with Crippen molar-refractivity contribution in [1.29, 1.82) is 0 Å². The third kappa shape index (κ3) is 1.30. The molecule has 0 aromatic heterocycles. The predicted molar refractivity (Wildman–Crippen MR) is 44.6 cm³/mol. The Labute approximate surface area is 68.5 Å². The zero-order chi connectivity index (χ0) is 7.90. The van der Waals surface area contributed by atoms with Gasteiger partial charge in [-0.25, -0.2) is 0 Å². The van der Waals surface area contributed by atoms with Gasteiger partial charge in [0.1, 0.15) is 0 Å². The molecule has 0 aromatic rings. The van der Waals surface area contributed by atoms with Gasteiger partial charge in [-0.05, 0) is 13.0 Å². The molecule has 2 nitrogen and oxygen atoms in total. The molecule has 11 heavy (non-hydrogen) atoms. The maximum Gasteiger partial charge on any atom is 0.0708 e. The Balaban J connectivity index is 2.06. The Morgan fingerprint density at radius 2 is 2.45 bits per heavy atom. The van der Waals surface area contributed by atoms with Crippen LogP contribution >= 0.6 is 0 Å². The van der Waals surface area contributed by atoms with E-state index >= 15 is 0 Å². The third-order valence-corrected chi connectivity index (χ3v) is 2.90. The SMILES string of the molecule is CCN1CC2CC(C)(CO2)C1. The molecule has 0 radical (unpaired) electrons. The molecular weight excluding hydrogens is 138 g/mol. The molecule has 0 aliphatic carbocycles. The highest BCUT2D eigenvalue weighted by atomic mass is 16.5. The van der Waals surface area contributed by atoms with Crippen LogP contribution in [0.4, 0.5) is 0 Å². The maximum atomic E-state index is 5.67. The molecule has 0 spiro atoms. The summed E-state index contributed by atoms with van der Waals surface area (Å²) in [6.45, 7) is 9.12. The van der Waals surface area contributed by atoms with Gasteiger partial charge in [-0.2, -0.15) is 0 Å². The first kappa shape index (κ1) is 7.56. The minimum absolute atomic E-state index is 0.471. The van der Waals surface area contributed by atoms with E-state index in [2.05, 4.69) is 18.7 Å². The van der Waals surface area contributed by atoms with Crippen molar-refractivity contribution in [1.82, 2.24) is 4.90 Å². The van der Waals surface area contributed by atoms with Gasteiger partial charge in [-0.1, -0.05) is 13.8 Å². The van der Waals surface area contributed by atoms with Crippen LogP contribution in [0.1, 0.15) is 20.3 Å². The summed E-state index contributed by atoms with van der Waals surface area (Å²) in [5.41, 5.74) is 0.471. The number of ether oxygens (including phenoxy) is 1. The van der Waals surface area contributed by atoms with Crippen LogP contribution in [0.25, 0.3) is 0 Å². The Kier molecular flexibility index (Phi) is 1.69. The van der Waals surface area contributed by atoms with Crippen molar-refractivity contribution in [3.63, 3.8) is 0 Å². The normalized spacial score (nSPS) is 44.7. The monoisotopic (exact) mass is 155 g/mol. The summed E-state index contributed by atoms with van der Waals surface area (Å²) >= 11 is 0. The summed E-state index contributed by atoms with van der Waals surface area (Å²) in [5.74, 6) is 0. The van der Waals surface area contributed by atoms with E-state index in [9.17, 15) is 0 Å². The Hall–Kier alpha value is -0.0800. The largest absolute Gasteiger partial charge is 0.376 e. The molecule has 2 bridgehead atoms. The minimum atomic E-state index is 0.471. The maximum absolute atomic E-state index is 5.67. The fourth-order valence-electron chi connectivity index (χ4n) is 2.35. The van der Waals surface area contributed by atoms with E-state index in [1.54, 1.807) is 0 Å². The molecule has 2 aliphatic heterocycles. The van der Waals surface area contributed by atoms with E-state index in [0.717, 1.165) is 13.2 Å². The highest BCUT2D eigenvalue weighted by Gasteiger charge is 2.41. The lowest BCUT2D eigenvalue weighted by atomic mass is 9.84. The quantitative estimate of drug-likeness (QED) is 0.562. The molecule has 2 atom stereocenters. The summed E-state index contributed by atoms with van der Waals surface area (Å²) in [7, 11) is 0. The molecule has 2 heterocycles. The molecule has 0 N–H and O–H groups in total. The Morgan fingerprint density at radius 1 is 1.64 bits per heavy atom. The molecule has 0 saturated carbocycles. The molecule has 2 aliphatic rings. The van der Waals surface area contributed by atoms with E-state index in [4.69, 9.17) is 4.74 Å². The molecule has 2 heteroatoms. The van der Waals surface area contributed by atoms with Gasteiger partial charge in [0.2, 0.25) is 0 Å². The molecule has 2 saturated heterocycles. The molecule has 2 fully saturated rings. The molecule has 0 aromatic carbocycles. The molecule has 2 rings (SSSR count). The lowest BCUT2D eigenvalue weighted by molar-refractivity contribution is 0.0847. The van der Waals surface area contributed by atoms with Crippen LogP contribution < -0.4 is 0 Å². The lowest BCUT2D eigenvalue weighted by Gasteiger charge is -2.35. The minimum Gasteiger partial charge on any atom is -0.376 e. The fourth-order valence-corrected chi connectivity index (χ4v) is 2.35. The highest BCUT2D eigenvalue weighted by Crippen LogP contribution is 2.37. The zero-order valence-electron chi connectivity index (χ0n) is 7.47. The summed E-state index contributed by atoms with van der Waals surface area (Å²) in [6.07, 6.45) is 1.82. The van der Waals surface area contributed by atoms with Gasteiger partial charge in [0.25, 0.3) is 0 Å². The van der Waals surface area contributed by atoms with E-state index in [0.29, 0.717) is 11.5 Å². The smallest absolute Gasteiger partial charge is 0.0708 e. The van der Waals surface area contributed by atoms with Gasteiger partial charge in [0.05, 0.1) is 12.7 Å². The van der Waals surface area contributed by atoms with Crippen LogP contribution in [0.3, 0.4) is 0 Å². The van der Waals surface area contributed by atoms with Crippen molar-refractivity contribution in [3.05, 3.63) is 0 Å². The predicted octanol–water partition coefficient (Wildman–Crippen LogP) is 1.12. The molecule has 2 unspecified atom stereocenters. The number of piperidine rings is 1. The summed E-state index contributed by atoms with van der Waals surface area (Å²) < 4.78 is 5.67. The molecule has 64 valence electrons. The van der Waals surface area contributed by atoms with Crippen molar-refractivity contribution >= 4 is 0 Å². The topological polar surface area (TPSA) is 12.5 Å². The van der Waals surface area contributed by atoms with Crippen LogP contribution in [0.15, 0.2) is 0 Å². The average Bonchev–Trinajstić information content (AvgIpc) is 2.25. The lowest BCUT2D eigenvalue weighted by Crippen LogP contribution is -2.43. The first-order valence-electron chi connectivity index (χ1n) is 4.56. The Morgan fingerprint density at radius 3 is 3.09 bits per heavy atom. The summed E-state index contributed by atoms with van der Waals surface area (Å²) in [5, 5.41) is 0. The van der Waals surface area contributed by atoms with Crippen molar-refractivity contribution in [2.24, 2.45) is 5.41 Å². The van der Waals surface area contributed by atoms with Crippen molar-refractivity contribution < 1.29 is 4.74 Å². The van der Waals surface area contributed by atoms with Crippen LogP contribution in [-0.2, 0) is 4.74 Å². The Bertz CT molecular complexity index is 160. The van der Waals surface area contributed by atoms with Crippen molar-refractivity contribution in [2.45, 2.75) is 26.4 Å². The number of fused-ring (bicyclic) bond motifs is 2. The first-order chi connectivity index (χ1) is 5.22. The van der Waals surface area contributed by atoms with Crippen LogP contribution in [0.5, 0.6) is 0 Å². The van der Waals surface area contributed by atoms with E-state index in [-0.39, 0.29) is 0 Å². The zero-order valence-corrected chi connectivity index (χ0v) is 7.47. The third-order valence-electron chi connectivity index (χ3n) is 2.90. The number of hydrogen-bond acceptors (Lipinski definition) is 2. The van der Waals surface area contributed by atoms with Gasteiger partial charge in [-0.3, -0.25) is 0 Å². The van der Waals surface area contributed by atoms with E-state index < -0.39 is 0 Å². The van der Waals surface area contributed by atoms with E-state index in [1.807, 2.05) is 0 Å². The van der Waals surface area contributed by atoms with Gasteiger partial charge in [0, 0.05) is 18.5 Å². The van der Waals surface area contributed by atoms with Crippen LogP contribution in [-0.4, -0.2) is 37.2 Å². The second-order valence-electron chi connectivity index (χ2n) is 4.28. The van der Waals surface area contributed by atoms with Gasteiger partial charge >= 0.3 is 0 Å². The number of hydrogen-bond donors (Lipinski definition) is 0. The standard InChI is InChI=1S/C9H17NO/c1-3-10-5-8-4-9(2,6-10)7-11-8/h8H,3-7H2,1-2H3. The second-order valence-corrected chi connectivity index (χ2v) is 4.28. The van der Waals surface area contributed by atoms with Gasteiger partial charge in [0.15, 0.2) is 0 Å². The summed E-state index contributed by atoms with van der Waals surface area (Å²) in [4.78, 5) is 2.50. The summed E-state index contributed by atoms with van der Waals surface area (Å²) in [6, 6.07) is 0. The highest BCUT2D eigenvalue weighted by molar-refractivity contribution is 4.92. The van der Waals surface area contributed by atoms with Crippen LogP contribution in [0, 0.1) is 5.41 Å². The molecular formula is C9H17NO. The fraction of sp³-hybridized carbons (Fsp3) is 1.00. The van der Waals surface area contributed by atoms with Crippen LogP contribution in [0.2, 0.25) is 0 Å². The van der Waals surface area contributed by atoms with Crippen molar-refractivity contribution in [2.75, 3.05) is 26.2 Å². The second kappa shape index (κ2) is 2.46. The van der Waals surface area contributed by atoms with Gasteiger partial charge < -0.3 is 9.64 Å². The average molecular weight is 155 g/mol. The van der Waals surface area contributed by atoms with Gasteiger partial charge in [-0.15, -0.1) is 0 Å². The number of likely N-dealkylation sites (tertiary alicyclic amines) is 1. The molecule has 0 amide bonds. The number of rotatable bonds is 1. The first-order valence-corrected chi connectivity index (χ1v) is 4.56. The van der Waals surface area contributed by atoms with E-state index in [1.165, 1.54) is 19.5 Å². The number of nitrogens with zero attached hydrogens (tertiary/aromatic N) is 1. The van der Waals surface area contributed by atoms with Crippen molar-refractivity contribution in [3.8, 4) is 0 Å². The number of likely N-dealkylation sites (N-methyl/N-ethyl adjacent to an activating group) is 1.